The molecule has 0 saturated carbocycles. The summed E-state index contributed by atoms with van der Waals surface area (Å²) < 4.78 is 25.0. The van der Waals surface area contributed by atoms with Crippen LogP contribution in [0.2, 0.25) is 0 Å². The van der Waals surface area contributed by atoms with Crippen LogP contribution in [0.1, 0.15) is 0 Å². The summed E-state index contributed by atoms with van der Waals surface area (Å²) in [6.07, 6.45) is 0. The highest BCUT2D eigenvalue weighted by molar-refractivity contribution is 8.57. The largest absolute Gasteiger partial charge is 0.311 e. The summed E-state index contributed by atoms with van der Waals surface area (Å²) in [6.45, 7) is -3.55. The van der Waals surface area contributed by atoms with Gasteiger partial charge in [-0.25, -0.2) is 0 Å². The molecule has 2 unspecified atom stereocenters. The molecule has 0 N–H and O–H groups in total. The third kappa shape index (κ3) is 7.84. The first-order valence-electron chi connectivity index (χ1n) is 14.5. The Morgan fingerprint density at radius 1 is 0.354 bits per heavy atom. The van der Waals surface area contributed by atoms with E-state index in [1.165, 1.54) is 0 Å². The lowest BCUT2D eigenvalue weighted by atomic mass is 10.0. The number of benzene rings is 6. The Balaban J connectivity index is 1.31. The fraction of sp³-hybridized carbons (Fsp3) is 0. The van der Waals surface area contributed by atoms with E-state index in [9.17, 15) is 9.13 Å². The van der Waals surface area contributed by atoms with Crippen LogP contribution in [0.5, 0.6) is 0 Å². The van der Waals surface area contributed by atoms with Crippen molar-refractivity contribution in [3.63, 3.8) is 0 Å². The van der Waals surface area contributed by atoms with Crippen LogP contribution in [0.15, 0.2) is 158 Å². The molecule has 0 spiro atoms. The molecule has 0 aliphatic rings. The second kappa shape index (κ2) is 15.8. The summed E-state index contributed by atoms with van der Waals surface area (Å²) in [5, 5.41) is 1.35. The van der Waals surface area contributed by atoms with Gasteiger partial charge in [-0.1, -0.05) is 60.7 Å². The first kappa shape index (κ1) is 34.3. The fourth-order valence-electron chi connectivity index (χ4n) is 5.27. The Morgan fingerprint density at radius 2 is 0.604 bits per heavy atom. The molecule has 0 fully saturated rings. The molecule has 0 amide bonds. The average Bonchev–Trinajstić information content (AvgIpc) is 3.13. The van der Waals surface area contributed by atoms with Crippen LogP contribution in [-0.4, -0.2) is 0 Å². The monoisotopic (exact) mass is 772 g/mol. The minimum atomic E-state index is -1.78. The van der Waals surface area contributed by atoms with Crippen LogP contribution in [-0.2, 0) is 68.3 Å². The molecule has 0 radical (unpaired) electrons. The second-order valence-corrected chi connectivity index (χ2v) is 25.8. The van der Waals surface area contributed by atoms with Crippen LogP contribution in [0.4, 0.5) is 34.1 Å². The van der Waals surface area contributed by atoms with Gasteiger partial charge in [-0.2, -0.15) is 0 Å². The zero-order valence-electron chi connectivity index (χ0n) is 25.1. The molecular weight excluding hydrogens is 747 g/mol. The van der Waals surface area contributed by atoms with E-state index in [1.54, 1.807) is 0 Å². The third-order valence-corrected chi connectivity index (χ3v) is 17.3. The molecule has 0 saturated heterocycles. The van der Waals surface area contributed by atoms with Crippen LogP contribution in [0.25, 0.3) is 11.1 Å². The van der Waals surface area contributed by atoms with Crippen molar-refractivity contribution >= 4 is 117 Å². The number of nitrogens with zero attached hydrogens (tertiary/aromatic N) is 2. The summed E-state index contributed by atoms with van der Waals surface area (Å²) in [5.41, 5.74) is 8.03. The minimum absolute atomic E-state index is 0.673. The van der Waals surface area contributed by atoms with E-state index in [0.29, 0.717) is 10.6 Å². The second-order valence-electron chi connectivity index (χ2n) is 10.4. The maximum absolute atomic E-state index is 12.5. The van der Waals surface area contributed by atoms with E-state index in [2.05, 4.69) is 82.6 Å². The summed E-state index contributed by atoms with van der Waals surface area (Å²) in [6, 6.07) is 52.4. The van der Waals surface area contributed by atoms with Crippen molar-refractivity contribution in [2.24, 2.45) is 0 Å². The van der Waals surface area contributed by atoms with Crippen molar-refractivity contribution in [3.05, 3.63) is 158 Å². The maximum Gasteiger partial charge on any atom is 0.198 e. The Kier molecular flexibility index (Phi) is 11.3. The molecule has 4 nitrogen and oxygen atoms in total. The van der Waals surface area contributed by atoms with Crippen LogP contribution >= 0.6 is 13.2 Å². The number of anilines is 6. The van der Waals surface area contributed by atoms with Gasteiger partial charge in [-0.3, -0.25) is 9.13 Å². The molecular formula is C36H26N2O2P2S6. The topological polar surface area (TPSA) is 40.6 Å². The molecule has 48 heavy (non-hydrogen) atoms. The van der Waals surface area contributed by atoms with E-state index in [0.717, 1.165) is 45.3 Å². The molecule has 0 aliphatic heterocycles. The number of hydrogen-bond donors (Lipinski definition) is 0. The summed E-state index contributed by atoms with van der Waals surface area (Å²) >= 11 is 20.4. The van der Waals surface area contributed by atoms with Gasteiger partial charge >= 0.3 is 0 Å². The predicted octanol–water partition coefficient (Wildman–Crippen LogP) is 10.1. The zero-order valence-corrected chi connectivity index (χ0v) is 31.8. The first-order valence-corrected chi connectivity index (χ1v) is 24.4. The van der Waals surface area contributed by atoms with E-state index < -0.39 is 27.5 Å². The van der Waals surface area contributed by atoms with Gasteiger partial charge in [0.2, 0.25) is 0 Å². The fourth-order valence-corrected chi connectivity index (χ4v) is 11.3. The van der Waals surface area contributed by atoms with Gasteiger partial charge in [0.25, 0.3) is 0 Å². The number of hydrogen-bond acceptors (Lipinski definition) is 8. The van der Waals surface area contributed by atoms with Crippen LogP contribution in [0.3, 0.4) is 0 Å². The van der Waals surface area contributed by atoms with Gasteiger partial charge in [-0.15, -0.1) is 0 Å². The van der Waals surface area contributed by atoms with Gasteiger partial charge in [0, 0.05) is 44.7 Å². The van der Waals surface area contributed by atoms with E-state index in [1.807, 2.05) is 84.9 Å². The highest BCUT2D eigenvalue weighted by Crippen LogP contribution is 2.38. The lowest BCUT2D eigenvalue weighted by Crippen LogP contribution is -2.10. The van der Waals surface area contributed by atoms with Crippen molar-refractivity contribution in [1.29, 1.82) is 0 Å². The molecule has 6 rings (SSSR count). The van der Waals surface area contributed by atoms with E-state index >= 15 is 0 Å². The van der Waals surface area contributed by atoms with Gasteiger partial charge in [0.15, 0.2) is 13.2 Å². The van der Waals surface area contributed by atoms with Gasteiger partial charge in [-0.05, 0) is 167 Å². The smallest absolute Gasteiger partial charge is 0.198 e. The minimum Gasteiger partial charge on any atom is -0.311 e. The summed E-state index contributed by atoms with van der Waals surface area (Å²) in [4.78, 5) is 4.32. The first-order chi connectivity index (χ1) is 23.3. The molecule has 6 aromatic rings. The molecule has 0 heterocycles. The molecule has 6 aromatic carbocycles. The molecule has 0 aromatic heterocycles. The normalized spacial score (nSPS) is 11.3. The Bertz CT molecular complexity index is 2270. The Hall–Kier alpha value is -3.56. The molecule has 2 atom stereocenters. The third-order valence-electron chi connectivity index (χ3n) is 7.52. The van der Waals surface area contributed by atoms with E-state index in [-0.39, 0.29) is 0 Å². The predicted molar refractivity (Wildman–Crippen MR) is 220 cm³/mol. The highest BCUT2D eigenvalue weighted by atomic mass is 33.2. The van der Waals surface area contributed by atoms with E-state index in [4.69, 9.17) is 44.8 Å². The van der Waals surface area contributed by atoms with Crippen molar-refractivity contribution in [2.45, 2.75) is 0 Å². The van der Waals surface area contributed by atoms with Crippen molar-refractivity contribution in [2.75, 3.05) is 9.80 Å². The maximum atomic E-state index is 12.5. The van der Waals surface area contributed by atoms with Crippen LogP contribution < -0.4 is 20.4 Å². The van der Waals surface area contributed by atoms with Crippen molar-refractivity contribution < 1.29 is 9.13 Å². The summed E-state index contributed by atoms with van der Waals surface area (Å²) in [7, 11) is -2.01. The Morgan fingerprint density at radius 3 is 0.875 bits per heavy atom. The van der Waals surface area contributed by atoms with Gasteiger partial charge in [0.05, 0.1) is 0 Å². The van der Waals surface area contributed by atoms with Crippen molar-refractivity contribution in [1.82, 2.24) is 0 Å². The number of para-hydroxylation sites is 2. The molecule has 0 bridgehead atoms. The SMILES string of the molecule is O=P(c1ccc(N(c2ccccc2)c2ccc(-c3ccc(N(c4ccccc4)c4ccc(P(=O)=S(=S)=S)cc4)cc3)cc2)cc1)=S(=S)=S. The molecule has 0 aliphatic carbocycles. The van der Waals surface area contributed by atoms with Gasteiger partial charge < -0.3 is 9.80 Å². The van der Waals surface area contributed by atoms with Crippen molar-refractivity contribution in [3.8, 4) is 11.1 Å². The highest BCUT2D eigenvalue weighted by Gasteiger charge is 2.15. The van der Waals surface area contributed by atoms with Gasteiger partial charge in [0.1, 0.15) is 0 Å². The lowest BCUT2D eigenvalue weighted by Gasteiger charge is -2.26. The quantitative estimate of drug-likeness (QED) is 0.135. The number of rotatable bonds is 9. The zero-order chi connectivity index (χ0) is 33.6. The Labute approximate surface area is 302 Å². The summed E-state index contributed by atoms with van der Waals surface area (Å²) in [5.74, 6) is 0. The average molecular weight is 773 g/mol. The standard InChI is InChI=1S/C36H26N2O2P2S6/c39-41(47(43)44)35-23-19-33(20-24-35)37(29-7-3-1-4-8-29)31-15-11-27(12-16-31)28-13-17-32(18-14-28)38(30-9-5-2-6-10-30)34-21-25-36(26-22-34)42(40)48(45)46/h1-26H. The molecule has 12 heteroatoms. The lowest BCUT2D eigenvalue weighted by molar-refractivity contribution is 0.601. The molecule has 238 valence electrons. The van der Waals surface area contributed by atoms with Crippen LogP contribution in [0, 0.1) is 0 Å².